The van der Waals surface area contributed by atoms with E-state index in [1.807, 2.05) is 48.5 Å². The van der Waals surface area contributed by atoms with Gasteiger partial charge in [-0.1, -0.05) is 29.4 Å². The van der Waals surface area contributed by atoms with Gasteiger partial charge >= 0.3 is 0 Å². The van der Waals surface area contributed by atoms with E-state index >= 15 is 0 Å². The zero-order valence-corrected chi connectivity index (χ0v) is 16.3. The highest BCUT2D eigenvalue weighted by Crippen LogP contribution is 2.27. The van der Waals surface area contributed by atoms with E-state index in [0.717, 1.165) is 17.0 Å². The summed E-state index contributed by atoms with van der Waals surface area (Å²) in [6, 6.07) is 16.8. The van der Waals surface area contributed by atoms with E-state index in [9.17, 15) is 5.11 Å². The molecule has 0 unspecified atom stereocenters. The van der Waals surface area contributed by atoms with Gasteiger partial charge in [-0.05, 0) is 18.2 Å². The number of nitrogens with zero attached hydrogens (tertiary/aromatic N) is 1. The summed E-state index contributed by atoms with van der Waals surface area (Å²) in [4.78, 5) is 0. The van der Waals surface area contributed by atoms with E-state index in [4.69, 9.17) is 18.7 Å². The summed E-state index contributed by atoms with van der Waals surface area (Å²) in [5.41, 5.74) is 1.40. The molecule has 0 aliphatic carbocycles. The number of ether oxygens (including phenoxy) is 3. The van der Waals surface area contributed by atoms with E-state index in [1.165, 1.54) is 0 Å². The molecule has 0 saturated carbocycles. The second-order valence-corrected chi connectivity index (χ2v) is 7.18. The molecule has 0 radical (unpaired) electrons. The Morgan fingerprint density at radius 2 is 1.93 bits per heavy atom. The lowest BCUT2D eigenvalue weighted by atomic mass is 9.90. The summed E-state index contributed by atoms with van der Waals surface area (Å²) in [5, 5.41) is 17.8. The van der Waals surface area contributed by atoms with Gasteiger partial charge in [0.2, 0.25) is 0 Å². The van der Waals surface area contributed by atoms with Gasteiger partial charge < -0.3 is 29.2 Å². The van der Waals surface area contributed by atoms with Gasteiger partial charge in [-0.25, -0.2) is 0 Å². The number of benzene rings is 2. The van der Waals surface area contributed by atoms with Gasteiger partial charge in [0.15, 0.2) is 5.76 Å². The molecule has 29 heavy (non-hydrogen) atoms. The largest absolute Gasteiger partial charge is 0.507 e. The number of para-hydroxylation sites is 1. The smallest absolute Gasteiger partial charge is 0.174 e. The Labute approximate surface area is 169 Å². The van der Waals surface area contributed by atoms with E-state index in [2.05, 4.69) is 10.5 Å². The van der Waals surface area contributed by atoms with Crippen LogP contribution in [0.25, 0.3) is 0 Å². The number of hydrogen-bond donors (Lipinski definition) is 2. The van der Waals surface area contributed by atoms with Gasteiger partial charge in [0.25, 0.3) is 0 Å². The SMILES string of the molecule is COc1ccc(CNC2(Cc3cc(COc4ccccc4)on3)COC2)c(O)c1. The molecule has 2 aromatic carbocycles. The highest BCUT2D eigenvalue weighted by Gasteiger charge is 2.39. The summed E-state index contributed by atoms with van der Waals surface area (Å²) in [7, 11) is 1.57. The molecule has 1 fully saturated rings. The zero-order valence-electron chi connectivity index (χ0n) is 16.3. The fourth-order valence-electron chi connectivity index (χ4n) is 3.24. The molecule has 1 aliphatic rings. The molecule has 7 heteroatoms. The number of hydrogen-bond acceptors (Lipinski definition) is 7. The maximum Gasteiger partial charge on any atom is 0.174 e. The van der Waals surface area contributed by atoms with E-state index in [0.29, 0.717) is 44.3 Å². The predicted octanol–water partition coefficient (Wildman–Crippen LogP) is 3.07. The van der Waals surface area contributed by atoms with Crippen LogP contribution in [0.4, 0.5) is 0 Å². The number of nitrogens with one attached hydrogen (secondary N) is 1. The monoisotopic (exact) mass is 396 g/mol. The summed E-state index contributed by atoms with van der Waals surface area (Å²) < 4.78 is 21.7. The minimum Gasteiger partial charge on any atom is -0.507 e. The van der Waals surface area contributed by atoms with Crippen molar-refractivity contribution in [2.45, 2.75) is 25.1 Å². The second kappa shape index (κ2) is 8.55. The molecule has 0 bridgehead atoms. The van der Waals surface area contributed by atoms with Crippen molar-refractivity contribution < 1.29 is 23.8 Å². The maximum atomic E-state index is 10.2. The third kappa shape index (κ3) is 4.70. The van der Waals surface area contributed by atoms with Gasteiger partial charge in [0, 0.05) is 30.7 Å². The number of phenolic OH excluding ortho intramolecular Hbond substituents is 1. The molecular weight excluding hydrogens is 372 g/mol. The summed E-state index contributed by atoms with van der Waals surface area (Å²) >= 11 is 0. The van der Waals surface area contributed by atoms with Crippen molar-refractivity contribution in [1.29, 1.82) is 0 Å². The van der Waals surface area contributed by atoms with Crippen molar-refractivity contribution in [3.8, 4) is 17.2 Å². The van der Waals surface area contributed by atoms with Crippen molar-refractivity contribution in [3.63, 3.8) is 0 Å². The highest BCUT2D eigenvalue weighted by molar-refractivity contribution is 5.39. The molecule has 1 saturated heterocycles. The lowest BCUT2D eigenvalue weighted by Gasteiger charge is -2.42. The molecule has 4 rings (SSSR count). The number of rotatable bonds is 9. The van der Waals surface area contributed by atoms with Gasteiger partial charge in [-0.15, -0.1) is 0 Å². The Hall–Kier alpha value is -3.03. The fourth-order valence-corrected chi connectivity index (χ4v) is 3.24. The Bertz CT molecular complexity index is 937. The maximum absolute atomic E-state index is 10.2. The highest BCUT2D eigenvalue weighted by atomic mass is 16.5. The van der Waals surface area contributed by atoms with Crippen LogP contribution in [0.15, 0.2) is 59.1 Å². The number of aromatic hydroxyl groups is 1. The summed E-state index contributed by atoms with van der Waals surface area (Å²) in [5.74, 6) is 2.29. The summed E-state index contributed by atoms with van der Waals surface area (Å²) in [6.07, 6.45) is 0.665. The van der Waals surface area contributed by atoms with Crippen LogP contribution in [-0.2, 0) is 24.3 Å². The summed E-state index contributed by atoms with van der Waals surface area (Å²) in [6.45, 7) is 1.99. The molecule has 0 spiro atoms. The molecular formula is C22H24N2O5. The van der Waals surface area contributed by atoms with Crippen LogP contribution in [0.5, 0.6) is 17.2 Å². The minimum absolute atomic E-state index is 0.203. The lowest BCUT2D eigenvalue weighted by molar-refractivity contribution is -0.0756. The Kier molecular flexibility index (Phi) is 5.69. The third-order valence-electron chi connectivity index (χ3n) is 4.95. The first-order valence-electron chi connectivity index (χ1n) is 9.47. The lowest BCUT2D eigenvalue weighted by Crippen LogP contribution is -2.61. The van der Waals surface area contributed by atoms with Crippen molar-refractivity contribution in [2.24, 2.45) is 0 Å². The Balaban J connectivity index is 1.34. The topological polar surface area (TPSA) is 86.0 Å². The van der Waals surface area contributed by atoms with Gasteiger partial charge in [0.1, 0.15) is 23.9 Å². The third-order valence-corrected chi connectivity index (χ3v) is 4.95. The van der Waals surface area contributed by atoms with Gasteiger partial charge in [0.05, 0.1) is 31.6 Å². The fraction of sp³-hybridized carbons (Fsp3) is 0.318. The van der Waals surface area contributed by atoms with Gasteiger partial charge in [-0.3, -0.25) is 0 Å². The predicted molar refractivity (Wildman–Crippen MR) is 106 cm³/mol. The molecule has 2 N–H and O–H groups in total. The molecule has 0 atom stereocenters. The van der Waals surface area contributed by atoms with Crippen LogP contribution in [0, 0.1) is 0 Å². The van der Waals surface area contributed by atoms with Crippen molar-refractivity contribution >= 4 is 0 Å². The molecule has 3 aromatic rings. The molecule has 1 aliphatic heterocycles. The van der Waals surface area contributed by atoms with E-state index in [-0.39, 0.29) is 11.3 Å². The van der Waals surface area contributed by atoms with Gasteiger partial charge in [-0.2, -0.15) is 0 Å². The molecule has 2 heterocycles. The number of methoxy groups -OCH3 is 1. The first kappa shape index (κ1) is 19.3. The van der Waals surface area contributed by atoms with E-state index in [1.54, 1.807) is 13.2 Å². The Morgan fingerprint density at radius 3 is 2.62 bits per heavy atom. The van der Waals surface area contributed by atoms with E-state index < -0.39 is 0 Å². The number of aromatic nitrogens is 1. The Morgan fingerprint density at radius 1 is 1.10 bits per heavy atom. The number of phenols is 1. The molecule has 1 aromatic heterocycles. The molecule has 152 valence electrons. The van der Waals surface area contributed by atoms with Crippen LogP contribution in [0.1, 0.15) is 17.0 Å². The van der Waals surface area contributed by atoms with Crippen LogP contribution < -0.4 is 14.8 Å². The van der Waals surface area contributed by atoms with Crippen molar-refractivity contribution in [1.82, 2.24) is 10.5 Å². The second-order valence-electron chi connectivity index (χ2n) is 7.18. The van der Waals surface area contributed by atoms with Crippen LogP contribution >= 0.6 is 0 Å². The minimum atomic E-state index is -0.235. The quantitative estimate of drug-likeness (QED) is 0.575. The first-order valence-corrected chi connectivity index (χ1v) is 9.47. The van der Waals surface area contributed by atoms with Crippen LogP contribution in [0.2, 0.25) is 0 Å². The average Bonchev–Trinajstić information content (AvgIpc) is 3.17. The zero-order chi connectivity index (χ0) is 20.1. The van der Waals surface area contributed by atoms with Crippen molar-refractivity contribution in [2.75, 3.05) is 20.3 Å². The molecule has 0 amide bonds. The van der Waals surface area contributed by atoms with Crippen LogP contribution in [-0.4, -0.2) is 36.1 Å². The normalized spacial score (nSPS) is 14.9. The molecule has 7 nitrogen and oxygen atoms in total. The standard InChI is InChI=1S/C22H24N2O5/c1-26-19-8-7-16(21(25)10-19)12-23-22(14-27-15-22)11-17-9-20(29-24-17)13-28-18-5-3-2-4-6-18/h2-10,23,25H,11-15H2,1H3. The van der Waals surface area contributed by atoms with Crippen molar-refractivity contribution in [3.05, 3.63) is 71.6 Å². The van der Waals surface area contributed by atoms with Crippen LogP contribution in [0.3, 0.4) is 0 Å². The first-order chi connectivity index (χ1) is 14.2. The average molecular weight is 396 g/mol.